The molecule has 1 aliphatic heterocycles. The molecule has 5 nitrogen and oxygen atoms in total. The first-order valence-electron chi connectivity index (χ1n) is 6.71. The van der Waals surface area contributed by atoms with Crippen LogP contribution >= 0.6 is 11.3 Å². The van der Waals surface area contributed by atoms with Crippen LogP contribution in [0.25, 0.3) is 0 Å². The van der Waals surface area contributed by atoms with Gasteiger partial charge >= 0.3 is 0 Å². The quantitative estimate of drug-likeness (QED) is 0.836. The summed E-state index contributed by atoms with van der Waals surface area (Å²) in [6.07, 6.45) is 4.31. The van der Waals surface area contributed by atoms with Gasteiger partial charge in [-0.1, -0.05) is 6.92 Å². The number of thiazole rings is 1. The molecule has 0 aliphatic carbocycles. The molecule has 0 saturated carbocycles. The Balaban J connectivity index is 1.95. The minimum absolute atomic E-state index is 0.188. The molecule has 0 radical (unpaired) electrons. The molecule has 1 saturated heterocycles. The highest BCUT2D eigenvalue weighted by molar-refractivity contribution is 7.89. The van der Waals surface area contributed by atoms with Crippen molar-refractivity contribution in [3.63, 3.8) is 0 Å². The minimum Gasteiger partial charge on any atom is -0.317 e. The van der Waals surface area contributed by atoms with Crippen LogP contribution in [0.5, 0.6) is 0 Å². The molecule has 2 heterocycles. The van der Waals surface area contributed by atoms with Gasteiger partial charge in [-0.25, -0.2) is 18.1 Å². The number of hydrogen-bond donors (Lipinski definition) is 2. The van der Waals surface area contributed by atoms with E-state index in [0.29, 0.717) is 0 Å². The monoisotopic (exact) mass is 303 g/mol. The van der Waals surface area contributed by atoms with Gasteiger partial charge in [-0.2, -0.15) is 0 Å². The molecule has 1 fully saturated rings. The van der Waals surface area contributed by atoms with Crippen LogP contribution in [0.3, 0.4) is 0 Å². The summed E-state index contributed by atoms with van der Waals surface area (Å²) in [6.45, 7) is 3.81. The summed E-state index contributed by atoms with van der Waals surface area (Å²) in [5.74, 6) is 0.504. The second-order valence-electron chi connectivity index (χ2n) is 4.92. The maximum atomic E-state index is 12.2. The highest BCUT2D eigenvalue weighted by Crippen LogP contribution is 2.21. The molecular formula is C12H21N3O2S2. The van der Waals surface area contributed by atoms with Gasteiger partial charge in [0.05, 0.1) is 11.8 Å². The second-order valence-corrected chi connectivity index (χ2v) is 7.65. The van der Waals surface area contributed by atoms with Crippen molar-refractivity contribution in [1.82, 2.24) is 15.0 Å². The van der Waals surface area contributed by atoms with Crippen molar-refractivity contribution in [3.05, 3.63) is 16.6 Å². The lowest BCUT2D eigenvalue weighted by Crippen LogP contribution is -2.37. The molecule has 1 aromatic rings. The molecular weight excluding hydrogens is 282 g/mol. The normalized spacial score (nSPS) is 19.4. The van der Waals surface area contributed by atoms with Crippen molar-refractivity contribution < 1.29 is 8.42 Å². The van der Waals surface area contributed by atoms with Gasteiger partial charge in [-0.15, -0.1) is 11.3 Å². The molecule has 0 bridgehead atoms. The minimum atomic E-state index is -3.23. The number of piperidine rings is 1. The van der Waals surface area contributed by atoms with Crippen LogP contribution in [0.4, 0.5) is 0 Å². The van der Waals surface area contributed by atoms with Crippen molar-refractivity contribution >= 4 is 21.4 Å². The molecule has 1 unspecified atom stereocenters. The fourth-order valence-electron chi connectivity index (χ4n) is 2.34. The van der Waals surface area contributed by atoms with E-state index in [4.69, 9.17) is 0 Å². The first kappa shape index (κ1) is 14.9. The first-order chi connectivity index (χ1) is 9.11. The van der Waals surface area contributed by atoms with Crippen molar-refractivity contribution in [1.29, 1.82) is 0 Å². The lowest BCUT2D eigenvalue weighted by Gasteiger charge is -2.23. The van der Waals surface area contributed by atoms with E-state index in [1.165, 1.54) is 11.3 Å². The largest absolute Gasteiger partial charge is 0.317 e. The average Bonchev–Trinajstić information content (AvgIpc) is 2.90. The Morgan fingerprint density at radius 1 is 1.53 bits per heavy atom. The highest BCUT2D eigenvalue weighted by atomic mass is 32.2. The summed E-state index contributed by atoms with van der Waals surface area (Å²) in [5, 5.41) is 5.97. The third-order valence-corrected chi connectivity index (χ3v) is 5.84. The van der Waals surface area contributed by atoms with Crippen LogP contribution in [-0.2, 0) is 10.0 Å². The number of nitrogens with one attached hydrogen (secondary N) is 2. The Bertz CT molecular complexity index is 467. The van der Waals surface area contributed by atoms with E-state index in [0.717, 1.165) is 37.4 Å². The number of nitrogens with zero attached hydrogens (tertiary/aromatic N) is 1. The van der Waals surface area contributed by atoms with E-state index in [1.54, 1.807) is 6.20 Å². The van der Waals surface area contributed by atoms with E-state index in [1.807, 2.05) is 12.3 Å². The highest BCUT2D eigenvalue weighted by Gasteiger charge is 2.24. The summed E-state index contributed by atoms with van der Waals surface area (Å²) >= 11 is 1.49. The van der Waals surface area contributed by atoms with Crippen LogP contribution in [0, 0.1) is 5.92 Å². The summed E-state index contributed by atoms with van der Waals surface area (Å²) in [7, 11) is -3.23. The zero-order valence-corrected chi connectivity index (χ0v) is 12.8. The number of rotatable bonds is 6. The van der Waals surface area contributed by atoms with Crippen molar-refractivity contribution in [2.24, 2.45) is 5.92 Å². The smallest absolute Gasteiger partial charge is 0.212 e. The summed E-state index contributed by atoms with van der Waals surface area (Å²) in [5.41, 5.74) is 0. The SMILES string of the molecule is CCC(NS(=O)(=O)CC1CCNCC1)c1nccs1. The van der Waals surface area contributed by atoms with Crippen LogP contribution in [0.2, 0.25) is 0 Å². The molecule has 1 aliphatic rings. The Morgan fingerprint density at radius 2 is 2.26 bits per heavy atom. The fraction of sp³-hybridized carbons (Fsp3) is 0.750. The molecule has 7 heteroatoms. The zero-order chi connectivity index (χ0) is 13.7. The third-order valence-electron chi connectivity index (χ3n) is 3.39. The molecule has 2 rings (SSSR count). The Kier molecular flexibility index (Phi) is 5.32. The van der Waals surface area contributed by atoms with Crippen LogP contribution in [0.15, 0.2) is 11.6 Å². The van der Waals surface area contributed by atoms with Gasteiger partial charge < -0.3 is 5.32 Å². The van der Waals surface area contributed by atoms with E-state index < -0.39 is 10.0 Å². The zero-order valence-electron chi connectivity index (χ0n) is 11.1. The van der Waals surface area contributed by atoms with Gasteiger partial charge in [-0.05, 0) is 38.3 Å². The summed E-state index contributed by atoms with van der Waals surface area (Å²) in [4.78, 5) is 4.20. The Morgan fingerprint density at radius 3 is 2.84 bits per heavy atom. The molecule has 0 spiro atoms. The number of sulfonamides is 1. The molecule has 2 N–H and O–H groups in total. The molecule has 19 heavy (non-hydrogen) atoms. The Hall–Kier alpha value is -0.500. The van der Waals surface area contributed by atoms with Gasteiger partial charge in [0, 0.05) is 11.6 Å². The predicted molar refractivity (Wildman–Crippen MR) is 77.7 cm³/mol. The van der Waals surface area contributed by atoms with Crippen molar-refractivity contribution in [2.75, 3.05) is 18.8 Å². The van der Waals surface area contributed by atoms with Crippen molar-refractivity contribution in [3.8, 4) is 0 Å². The van der Waals surface area contributed by atoms with Crippen LogP contribution in [0.1, 0.15) is 37.2 Å². The topological polar surface area (TPSA) is 71.1 Å². The van der Waals surface area contributed by atoms with Crippen LogP contribution in [-0.4, -0.2) is 32.2 Å². The van der Waals surface area contributed by atoms with Gasteiger partial charge in [0.1, 0.15) is 5.01 Å². The maximum absolute atomic E-state index is 12.2. The van der Waals surface area contributed by atoms with E-state index >= 15 is 0 Å². The molecule has 108 valence electrons. The van der Waals surface area contributed by atoms with Gasteiger partial charge in [0.2, 0.25) is 10.0 Å². The van der Waals surface area contributed by atoms with Gasteiger partial charge in [-0.3, -0.25) is 0 Å². The Labute approximate surface area is 118 Å². The van der Waals surface area contributed by atoms with E-state index in [2.05, 4.69) is 15.0 Å². The average molecular weight is 303 g/mol. The van der Waals surface area contributed by atoms with E-state index in [-0.39, 0.29) is 17.7 Å². The van der Waals surface area contributed by atoms with E-state index in [9.17, 15) is 8.42 Å². The fourth-order valence-corrected chi connectivity index (χ4v) is 4.95. The lowest BCUT2D eigenvalue weighted by atomic mass is 10.0. The van der Waals surface area contributed by atoms with Gasteiger partial charge in [0.25, 0.3) is 0 Å². The standard InChI is InChI=1S/C12H21N3O2S2/c1-2-11(12-14-7-8-18-12)15-19(16,17)9-10-3-5-13-6-4-10/h7-8,10-11,13,15H,2-6,9H2,1H3. The molecule has 0 aromatic carbocycles. The maximum Gasteiger partial charge on any atom is 0.212 e. The first-order valence-corrected chi connectivity index (χ1v) is 9.24. The van der Waals surface area contributed by atoms with Crippen LogP contribution < -0.4 is 10.0 Å². The van der Waals surface area contributed by atoms with Crippen molar-refractivity contribution in [2.45, 2.75) is 32.2 Å². The second kappa shape index (κ2) is 6.78. The number of aromatic nitrogens is 1. The van der Waals surface area contributed by atoms with Gasteiger partial charge in [0.15, 0.2) is 0 Å². The molecule has 1 aromatic heterocycles. The summed E-state index contributed by atoms with van der Waals surface area (Å²) in [6, 6.07) is -0.188. The molecule has 0 amide bonds. The number of hydrogen-bond acceptors (Lipinski definition) is 5. The lowest BCUT2D eigenvalue weighted by molar-refractivity contribution is 0.399. The summed E-state index contributed by atoms with van der Waals surface area (Å²) < 4.78 is 27.2. The molecule has 1 atom stereocenters. The predicted octanol–water partition coefficient (Wildman–Crippen LogP) is 1.51. The third kappa shape index (κ3) is 4.52.